The van der Waals surface area contributed by atoms with Crippen molar-refractivity contribution < 1.29 is 19.4 Å². The molecular weight excluding hydrogens is 322 g/mol. The molecule has 0 aliphatic carbocycles. The van der Waals surface area contributed by atoms with E-state index in [9.17, 15) is 14.7 Å². The molecule has 25 heavy (non-hydrogen) atoms. The highest BCUT2D eigenvalue weighted by atomic mass is 16.6. The van der Waals surface area contributed by atoms with Crippen molar-refractivity contribution >= 4 is 28.5 Å². The predicted molar refractivity (Wildman–Crippen MR) is 88.8 cm³/mol. The molecule has 0 spiro atoms. The summed E-state index contributed by atoms with van der Waals surface area (Å²) >= 11 is 0. The number of carbonyl (C=O) groups excluding carboxylic acids is 2. The summed E-state index contributed by atoms with van der Waals surface area (Å²) in [6.07, 6.45) is -0.810. The second-order valence-corrected chi connectivity index (χ2v) is 5.62. The molecule has 0 saturated carbocycles. The molecule has 1 aliphatic heterocycles. The smallest absolute Gasteiger partial charge is 0.340 e. The van der Waals surface area contributed by atoms with Crippen LogP contribution < -0.4 is 0 Å². The second-order valence-electron chi connectivity index (χ2n) is 5.62. The van der Waals surface area contributed by atoms with E-state index in [2.05, 4.69) is 10.2 Å². The van der Waals surface area contributed by atoms with E-state index in [0.717, 1.165) is 0 Å². The third kappa shape index (κ3) is 2.28. The van der Waals surface area contributed by atoms with Gasteiger partial charge >= 0.3 is 5.97 Å². The number of rotatable bonds is 2. The highest BCUT2D eigenvalue weighted by molar-refractivity contribution is 5.97. The lowest BCUT2D eigenvalue weighted by atomic mass is 10.1. The Kier molecular flexibility index (Phi) is 3.35. The summed E-state index contributed by atoms with van der Waals surface area (Å²) in [6.45, 7) is 1.27. The Bertz CT molecular complexity index is 1050. The zero-order chi connectivity index (χ0) is 17.6. The quantitative estimate of drug-likeness (QED) is 0.571. The van der Waals surface area contributed by atoms with E-state index >= 15 is 0 Å². The summed E-state index contributed by atoms with van der Waals surface area (Å²) in [6, 6.07) is 14.1. The third-order valence-corrected chi connectivity index (χ3v) is 4.05. The maximum Gasteiger partial charge on any atom is 0.340 e. The number of para-hydroxylation sites is 1. The second kappa shape index (κ2) is 5.55. The molecule has 7 nitrogen and oxygen atoms in total. The number of aromatic nitrogens is 1. The number of amides is 1. The van der Waals surface area contributed by atoms with Gasteiger partial charge in [0.1, 0.15) is 0 Å². The summed E-state index contributed by atoms with van der Waals surface area (Å²) in [5, 5.41) is 18.7. The molecule has 1 amide bonds. The molecule has 2 aromatic carbocycles. The van der Waals surface area contributed by atoms with Crippen molar-refractivity contribution in [1.82, 2.24) is 4.57 Å². The molecule has 124 valence electrons. The summed E-state index contributed by atoms with van der Waals surface area (Å²) in [4.78, 5) is 23.2. The molecule has 0 fully saturated rings. The highest BCUT2D eigenvalue weighted by Crippen LogP contribution is 2.44. The predicted octanol–water partition coefficient (Wildman–Crippen LogP) is 3.69. The van der Waals surface area contributed by atoms with Crippen LogP contribution in [0, 0.1) is 0 Å². The average molecular weight is 335 g/mol. The third-order valence-electron chi connectivity index (χ3n) is 4.05. The van der Waals surface area contributed by atoms with Crippen LogP contribution >= 0.6 is 0 Å². The zero-order valence-corrected chi connectivity index (χ0v) is 13.2. The molecule has 1 aromatic heterocycles. The van der Waals surface area contributed by atoms with Gasteiger partial charge in [-0.15, -0.1) is 10.2 Å². The van der Waals surface area contributed by atoms with E-state index in [1.807, 2.05) is 0 Å². The Morgan fingerprint density at radius 2 is 1.88 bits per heavy atom. The first kappa shape index (κ1) is 15.1. The van der Waals surface area contributed by atoms with E-state index in [1.54, 1.807) is 48.5 Å². The van der Waals surface area contributed by atoms with Crippen molar-refractivity contribution in [3.63, 3.8) is 0 Å². The van der Waals surface area contributed by atoms with E-state index in [-0.39, 0.29) is 11.6 Å². The molecule has 7 heteroatoms. The van der Waals surface area contributed by atoms with Gasteiger partial charge in [-0.1, -0.05) is 36.4 Å². The minimum Gasteiger partial charge on any atom is -0.493 e. The molecule has 1 N–H and O–H groups in total. The lowest BCUT2D eigenvalue weighted by Crippen LogP contribution is -2.09. The maximum absolute atomic E-state index is 12.1. The van der Waals surface area contributed by atoms with Gasteiger partial charge in [0.2, 0.25) is 12.1 Å². The first-order chi connectivity index (χ1) is 12.1. The first-order valence-corrected chi connectivity index (χ1v) is 7.62. The summed E-state index contributed by atoms with van der Waals surface area (Å²) in [5.74, 6) is -1.15. The maximum atomic E-state index is 12.1. The lowest BCUT2D eigenvalue weighted by Gasteiger charge is -2.15. The van der Waals surface area contributed by atoms with Crippen LogP contribution in [0.1, 0.15) is 29.1 Å². The average Bonchev–Trinajstić information content (AvgIpc) is 3.07. The van der Waals surface area contributed by atoms with Gasteiger partial charge in [-0.3, -0.25) is 9.36 Å². The number of benzene rings is 2. The SMILES string of the molecule is CC(=O)N=Nc1c(O)n([C@@H]2OC(=O)c3ccccc32)c2ccccc12. The lowest BCUT2D eigenvalue weighted by molar-refractivity contribution is -0.116. The summed E-state index contributed by atoms with van der Waals surface area (Å²) < 4.78 is 6.95. The molecule has 0 unspecified atom stereocenters. The van der Waals surface area contributed by atoms with E-state index in [4.69, 9.17) is 4.74 Å². The minimum atomic E-state index is -0.810. The van der Waals surface area contributed by atoms with Crippen molar-refractivity contribution in [3.8, 4) is 5.88 Å². The number of fused-ring (bicyclic) bond motifs is 2. The van der Waals surface area contributed by atoms with Gasteiger partial charge < -0.3 is 9.84 Å². The fourth-order valence-electron chi connectivity index (χ4n) is 3.01. The number of ether oxygens (including phenoxy) is 1. The van der Waals surface area contributed by atoms with Crippen molar-refractivity contribution in [1.29, 1.82) is 0 Å². The topological polar surface area (TPSA) is 93.2 Å². The first-order valence-electron chi connectivity index (χ1n) is 7.62. The normalized spacial score (nSPS) is 16.4. The Hall–Kier alpha value is -3.48. The van der Waals surface area contributed by atoms with Crippen molar-refractivity contribution in [2.45, 2.75) is 13.2 Å². The van der Waals surface area contributed by atoms with Gasteiger partial charge in [0, 0.05) is 17.9 Å². The van der Waals surface area contributed by atoms with Crippen LogP contribution in [0.2, 0.25) is 0 Å². The molecular formula is C18H13N3O4. The van der Waals surface area contributed by atoms with E-state index in [1.165, 1.54) is 11.5 Å². The Labute approximate surface area is 142 Å². The molecule has 1 atom stereocenters. The fraction of sp³-hybridized carbons (Fsp3) is 0.111. The highest BCUT2D eigenvalue weighted by Gasteiger charge is 2.35. The number of carbonyl (C=O) groups is 2. The number of esters is 1. The van der Waals surface area contributed by atoms with Crippen LogP contribution in [0.15, 0.2) is 58.8 Å². The van der Waals surface area contributed by atoms with Gasteiger partial charge in [0.25, 0.3) is 5.91 Å². The number of nitrogens with zero attached hydrogens (tertiary/aromatic N) is 3. The zero-order valence-electron chi connectivity index (χ0n) is 13.2. The number of hydrogen-bond donors (Lipinski definition) is 1. The van der Waals surface area contributed by atoms with Crippen LogP contribution in [-0.2, 0) is 9.53 Å². The summed E-state index contributed by atoms with van der Waals surface area (Å²) in [5.41, 5.74) is 1.88. The van der Waals surface area contributed by atoms with Gasteiger partial charge in [-0.05, 0) is 12.1 Å². The van der Waals surface area contributed by atoms with Crippen LogP contribution in [0.3, 0.4) is 0 Å². The number of azo groups is 1. The van der Waals surface area contributed by atoms with Crippen LogP contribution in [0.25, 0.3) is 10.9 Å². The Balaban J connectivity index is 1.96. The van der Waals surface area contributed by atoms with E-state index < -0.39 is 18.1 Å². The number of hydrogen-bond acceptors (Lipinski definition) is 5. The molecule has 4 rings (SSSR count). The van der Waals surface area contributed by atoms with Gasteiger partial charge in [-0.2, -0.15) is 0 Å². The Morgan fingerprint density at radius 3 is 2.68 bits per heavy atom. The van der Waals surface area contributed by atoms with E-state index in [0.29, 0.717) is 22.0 Å². The number of aromatic hydroxyl groups is 1. The van der Waals surface area contributed by atoms with Crippen LogP contribution in [0.5, 0.6) is 5.88 Å². The van der Waals surface area contributed by atoms with Crippen molar-refractivity contribution in [2.75, 3.05) is 0 Å². The number of cyclic esters (lactones) is 1. The molecule has 2 heterocycles. The van der Waals surface area contributed by atoms with Crippen molar-refractivity contribution in [2.24, 2.45) is 10.2 Å². The minimum absolute atomic E-state index is 0.159. The largest absolute Gasteiger partial charge is 0.493 e. The Morgan fingerprint density at radius 1 is 1.16 bits per heavy atom. The summed E-state index contributed by atoms with van der Waals surface area (Å²) in [7, 11) is 0. The monoisotopic (exact) mass is 335 g/mol. The molecule has 1 aliphatic rings. The molecule has 3 aromatic rings. The van der Waals surface area contributed by atoms with Gasteiger partial charge in [-0.25, -0.2) is 4.79 Å². The molecule has 0 bridgehead atoms. The standard InChI is InChI=1S/C18H13N3O4/c1-10(22)19-20-15-13-8-4-5-9-14(13)21(16(15)23)17-11-6-2-3-7-12(11)18(24)25-17/h2-9,17,23H,1H3/t17-/m1/s1. The molecule has 0 saturated heterocycles. The van der Waals surface area contributed by atoms with Gasteiger partial charge in [0.05, 0.1) is 11.1 Å². The molecule has 0 radical (unpaired) electrons. The van der Waals surface area contributed by atoms with Crippen LogP contribution in [0.4, 0.5) is 5.69 Å². The van der Waals surface area contributed by atoms with Crippen LogP contribution in [-0.4, -0.2) is 21.6 Å². The fourth-order valence-corrected chi connectivity index (χ4v) is 3.01. The van der Waals surface area contributed by atoms with Crippen molar-refractivity contribution in [3.05, 3.63) is 59.7 Å². The van der Waals surface area contributed by atoms with Gasteiger partial charge in [0.15, 0.2) is 5.69 Å².